The third-order valence-electron chi connectivity index (χ3n) is 4.99. The van der Waals surface area contributed by atoms with E-state index in [-0.39, 0.29) is 22.3 Å². The van der Waals surface area contributed by atoms with Gasteiger partial charge in [0.15, 0.2) is 5.43 Å². The second-order valence-electron chi connectivity index (χ2n) is 6.77. The number of carbonyl (C=O) groups is 1. The summed E-state index contributed by atoms with van der Waals surface area (Å²) in [6.07, 6.45) is 0. The molecular weight excluding hydrogens is 409 g/mol. The highest BCUT2D eigenvalue weighted by Gasteiger charge is 2.45. The third kappa shape index (κ3) is 2.70. The maximum absolute atomic E-state index is 13.5. The lowest BCUT2D eigenvalue weighted by Crippen LogP contribution is -2.29. The summed E-state index contributed by atoms with van der Waals surface area (Å²) in [7, 11) is 1.50. The first kappa shape index (κ1) is 18.4. The van der Waals surface area contributed by atoms with Gasteiger partial charge in [-0.3, -0.25) is 14.5 Å². The first-order chi connectivity index (χ1) is 14.5. The average molecular weight is 423 g/mol. The molecule has 9 heteroatoms. The van der Waals surface area contributed by atoms with Gasteiger partial charge in [-0.2, -0.15) is 0 Å². The Kier molecular flexibility index (Phi) is 4.14. The molecule has 3 heterocycles. The number of amides is 1. The quantitative estimate of drug-likeness (QED) is 0.498. The number of benzene rings is 2. The van der Waals surface area contributed by atoms with Crippen molar-refractivity contribution in [2.45, 2.75) is 13.0 Å². The number of fused-ring (bicyclic) bond motifs is 2. The lowest BCUT2D eigenvalue weighted by molar-refractivity contribution is 0.0970. The predicted octanol–water partition coefficient (Wildman–Crippen LogP) is 3.85. The van der Waals surface area contributed by atoms with Gasteiger partial charge in [0.25, 0.3) is 5.91 Å². The van der Waals surface area contributed by atoms with Crippen molar-refractivity contribution in [3.05, 3.63) is 80.4 Å². The second kappa shape index (κ2) is 6.74. The van der Waals surface area contributed by atoms with Gasteiger partial charge in [-0.1, -0.05) is 23.5 Å². The Morgan fingerprint density at radius 2 is 1.90 bits per heavy atom. The zero-order valence-corrected chi connectivity index (χ0v) is 16.7. The average Bonchev–Trinajstić information content (AvgIpc) is 3.29. The van der Waals surface area contributed by atoms with E-state index in [1.165, 1.54) is 35.5 Å². The molecule has 0 spiro atoms. The summed E-state index contributed by atoms with van der Waals surface area (Å²) in [6.45, 7) is 1.77. The molecule has 0 unspecified atom stereocenters. The Bertz CT molecular complexity index is 1360. The summed E-state index contributed by atoms with van der Waals surface area (Å²) in [4.78, 5) is 28.1. The fourth-order valence-electron chi connectivity index (χ4n) is 3.62. The highest BCUT2D eigenvalue weighted by Crippen LogP contribution is 2.42. The summed E-state index contributed by atoms with van der Waals surface area (Å²) < 4.78 is 24.6. The fourth-order valence-corrected chi connectivity index (χ4v) is 4.33. The Morgan fingerprint density at radius 3 is 2.57 bits per heavy atom. The number of halogens is 1. The van der Waals surface area contributed by atoms with Crippen molar-refractivity contribution in [3.8, 4) is 5.75 Å². The molecule has 0 fully saturated rings. The van der Waals surface area contributed by atoms with Gasteiger partial charge in [0, 0.05) is 6.07 Å². The topological polar surface area (TPSA) is 85.5 Å². The van der Waals surface area contributed by atoms with Gasteiger partial charge in [-0.15, -0.1) is 10.2 Å². The lowest BCUT2D eigenvalue weighted by Gasteiger charge is -2.22. The number of anilines is 1. The van der Waals surface area contributed by atoms with Crippen molar-refractivity contribution in [2.75, 3.05) is 12.0 Å². The van der Waals surface area contributed by atoms with E-state index in [2.05, 4.69) is 10.2 Å². The van der Waals surface area contributed by atoms with Crippen LogP contribution in [0.25, 0.3) is 11.0 Å². The number of hydrogen-bond acceptors (Lipinski definition) is 7. The van der Waals surface area contributed by atoms with Gasteiger partial charge in [0.1, 0.15) is 22.2 Å². The molecule has 0 radical (unpaired) electrons. The first-order valence-corrected chi connectivity index (χ1v) is 9.83. The number of aryl methyl sites for hydroxylation is 1. The van der Waals surface area contributed by atoms with E-state index < -0.39 is 17.8 Å². The highest BCUT2D eigenvalue weighted by molar-refractivity contribution is 7.15. The number of hydrogen-bond donors (Lipinski definition) is 0. The van der Waals surface area contributed by atoms with Gasteiger partial charge < -0.3 is 9.15 Å². The Labute approximate surface area is 173 Å². The monoisotopic (exact) mass is 423 g/mol. The van der Waals surface area contributed by atoms with Crippen LogP contribution in [0, 0.1) is 12.7 Å². The molecule has 0 saturated heterocycles. The second-order valence-corrected chi connectivity index (χ2v) is 7.93. The molecule has 2 aromatic heterocycles. The van der Waals surface area contributed by atoms with Crippen LogP contribution in [0.2, 0.25) is 0 Å². The number of aromatic nitrogens is 2. The molecule has 2 aromatic carbocycles. The zero-order chi connectivity index (χ0) is 21.0. The van der Waals surface area contributed by atoms with Gasteiger partial charge in [0.05, 0.1) is 24.1 Å². The van der Waals surface area contributed by atoms with Crippen LogP contribution in [-0.2, 0) is 0 Å². The molecule has 0 bridgehead atoms. The normalized spacial score (nSPS) is 15.6. The molecule has 1 aliphatic heterocycles. The van der Waals surface area contributed by atoms with Crippen molar-refractivity contribution < 1.29 is 18.3 Å². The van der Waals surface area contributed by atoms with Gasteiger partial charge in [-0.25, -0.2) is 4.39 Å². The summed E-state index contributed by atoms with van der Waals surface area (Å²) in [5.41, 5.74) is 0.675. The molecule has 1 atom stereocenters. The number of rotatable bonds is 3. The van der Waals surface area contributed by atoms with Crippen molar-refractivity contribution in [3.63, 3.8) is 0 Å². The minimum Gasteiger partial charge on any atom is -0.497 e. The van der Waals surface area contributed by atoms with E-state index in [0.29, 0.717) is 26.8 Å². The highest BCUT2D eigenvalue weighted by atomic mass is 32.1. The lowest BCUT2D eigenvalue weighted by atomic mass is 9.98. The Balaban J connectivity index is 1.80. The predicted molar refractivity (Wildman–Crippen MR) is 109 cm³/mol. The van der Waals surface area contributed by atoms with Crippen molar-refractivity contribution in [1.29, 1.82) is 0 Å². The van der Waals surface area contributed by atoms with Crippen molar-refractivity contribution >= 4 is 33.3 Å². The molecule has 4 aromatic rings. The van der Waals surface area contributed by atoms with Gasteiger partial charge in [-0.05, 0) is 36.8 Å². The molecule has 1 amide bonds. The summed E-state index contributed by atoms with van der Waals surface area (Å²) >= 11 is 1.22. The van der Waals surface area contributed by atoms with E-state index >= 15 is 0 Å². The fraction of sp³-hybridized carbons (Fsp3) is 0.143. The zero-order valence-electron chi connectivity index (χ0n) is 15.9. The summed E-state index contributed by atoms with van der Waals surface area (Å²) in [6, 6.07) is 9.68. The van der Waals surface area contributed by atoms with Crippen LogP contribution in [0.3, 0.4) is 0 Å². The van der Waals surface area contributed by atoms with Crippen LogP contribution in [0.5, 0.6) is 5.75 Å². The molecule has 0 saturated carbocycles. The smallest absolute Gasteiger partial charge is 0.297 e. The minimum absolute atomic E-state index is 0.0667. The summed E-state index contributed by atoms with van der Waals surface area (Å²) in [5.74, 6) is -0.484. The number of methoxy groups -OCH3 is 1. The van der Waals surface area contributed by atoms with E-state index in [9.17, 15) is 14.0 Å². The van der Waals surface area contributed by atoms with Crippen LogP contribution >= 0.6 is 11.3 Å². The molecule has 5 rings (SSSR count). The standard InChI is InChI=1S/C21H14FN3O4S/c1-10-23-24-21(30-10)25-17(11-3-5-12(22)6-4-11)16-18(26)14-8-7-13(28-2)9-15(14)29-19(16)20(25)27/h3-9,17H,1-2H3/t17-/m1/s1. The van der Waals surface area contributed by atoms with E-state index in [1.807, 2.05) is 0 Å². The Morgan fingerprint density at radius 1 is 1.13 bits per heavy atom. The van der Waals surface area contributed by atoms with Gasteiger partial charge in [0.2, 0.25) is 10.9 Å². The van der Waals surface area contributed by atoms with Crippen LogP contribution in [0.15, 0.2) is 51.7 Å². The molecule has 0 N–H and O–H groups in total. The van der Waals surface area contributed by atoms with E-state index in [1.54, 1.807) is 37.3 Å². The molecular formula is C21H14FN3O4S. The molecule has 30 heavy (non-hydrogen) atoms. The van der Waals surface area contributed by atoms with Crippen LogP contribution < -0.4 is 15.1 Å². The molecule has 7 nitrogen and oxygen atoms in total. The molecule has 1 aliphatic rings. The minimum atomic E-state index is -0.803. The van der Waals surface area contributed by atoms with Crippen LogP contribution in [0.1, 0.15) is 32.7 Å². The van der Waals surface area contributed by atoms with E-state index in [4.69, 9.17) is 9.15 Å². The largest absolute Gasteiger partial charge is 0.497 e. The first-order valence-electron chi connectivity index (χ1n) is 9.02. The third-order valence-corrected chi connectivity index (χ3v) is 5.82. The van der Waals surface area contributed by atoms with Crippen LogP contribution in [0.4, 0.5) is 9.52 Å². The van der Waals surface area contributed by atoms with E-state index in [0.717, 1.165) is 0 Å². The maximum Gasteiger partial charge on any atom is 0.297 e. The van der Waals surface area contributed by atoms with Crippen molar-refractivity contribution in [2.24, 2.45) is 0 Å². The SMILES string of the molecule is COc1ccc2c(=O)c3c(oc2c1)C(=O)N(c1nnc(C)s1)[C@@H]3c1ccc(F)cc1. The number of carbonyl (C=O) groups excluding carboxylic acids is 1. The maximum atomic E-state index is 13.5. The van der Waals surface area contributed by atoms with Gasteiger partial charge >= 0.3 is 0 Å². The van der Waals surface area contributed by atoms with Crippen molar-refractivity contribution in [1.82, 2.24) is 10.2 Å². The summed E-state index contributed by atoms with van der Waals surface area (Å²) in [5, 5.41) is 9.40. The van der Waals surface area contributed by atoms with Crippen LogP contribution in [-0.4, -0.2) is 23.2 Å². The Hall–Kier alpha value is -3.59. The molecule has 0 aliphatic carbocycles. The molecule has 150 valence electrons. The number of ether oxygens (including phenoxy) is 1. The number of nitrogens with zero attached hydrogens (tertiary/aromatic N) is 3.